The number of phenolic OH excluding ortho intramolecular Hbond substituents is 1. The maximum atomic E-state index is 13.9. The Morgan fingerprint density at radius 3 is 2.42 bits per heavy atom. The van der Waals surface area contributed by atoms with Gasteiger partial charge in [0.25, 0.3) is 0 Å². The van der Waals surface area contributed by atoms with Gasteiger partial charge in [0.1, 0.15) is 29.6 Å². The lowest BCUT2D eigenvalue weighted by Gasteiger charge is -2.52. The smallest absolute Gasteiger partial charge is 0.314 e. The Morgan fingerprint density at radius 1 is 1.03 bits per heavy atom. The van der Waals surface area contributed by atoms with Crippen LogP contribution in [0.15, 0.2) is 36.4 Å². The molecule has 204 valence electrons. The van der Waals surface area contributed by atoms with Crippen molar-refractivity contribution < 1.29 is 38.4 Å². The molecule has 3 aliphatic carbocycles. The predicted octanol–water partition coefficient (Wildman–Crippen LogP) is 4.81. The van der Waals surface area contributed by atoms with Crippen LogP contribution in [0.1, 0.15) is 41.9 Å². The third-order valence-corrected chi connectivity index (χ3v) is 9.52. The Morgan fingerprint density at radius 2 is 1.76 bits per heavy atom. The average molecular weight is 541 g/mol. The lowest BCUT2D eigenvalue weighted by Crippen LogP contribution is -2.57. The third-order valence-electron chi connectivity index (χ3n) is 7.82. The van der Waals surface area contributed by atoms with Crippen LogP contribution in [0.25, 0.3) is 0 Å². The summed E-state index contributed by atoms with van der Waals surface area (Å²) >= 11 is 0. The number of esters is 2. The standard InChI is InChI=1S/C29H36O8Si/c1-29(28(33)37-16-17-7-9-19(34-2)14-24(17)35-3)25-21-13-18(30)8-10-20(21)22(15-23(25)31)26(29)27(32)36-11-12-38(4,5)6/h7-10,13-14,22,25-26,30H,11-12,15-16H2,1-6H3/t22?,25-,26+,29+/m1/s1. The van der Waals surface area contributed by atoms with E-state index in [0.717, 1.165) is 11.6 Å². The van der Waals surface area contributed by atoms with Crippen LogP contribution in [0, 0.1) is 11.3 Å². The zero-order valence-electron chi connectivity index (χ0n) is 22.8. The lowest BCUT2D eigenvalue weighted by molar-refractivity contribution is -0.178. The zero-order chi connectivity index (χ0) is 27.8. The van der Waals surface area contributed by atoms with E-state index in [1.807, 2.05) is 0 Å². The summed E-state index contributed by atoms with van der Waals surface area (Å²) < 4.78 is 22.2. The Hall–Kier alpha value is -3.33. The summed E-state index contributed by atoms with van der Waals surface area (Å²) in [6.45, 7) is 8.36. The number of benzene rings is 2. The van der Waals surface area contributed by atoms with Crippen molar-refractivity contribution in [3.05, 3.63) is 53.1 Å². The number of phenols is 1. The van der Waals surface area contributed by atoms with Crippen LogP contribution in [0.5, 0.6) is 17.2 Å². The van der Waals surface area contributed by atoms with Crippen molar-refractivity contribution in [1.82, 2.24) is 0 Å². The molecule has 0 radical (unpaired) electrons. The van der Waals surface area contributed by atoms with Gasteiger partial charge in [0, 0.05) is 32.0 Å². The number of hydrogen-bond donors (Lipinski definition) is 1. The molecule has 8 nitrogen and oxygen atoms in total. The highest BCUT2D eigenvalue weighted by Crippen LogP contribution is 2.61. The lowest BCUT2D eigenvalue weighted by atomic mass is 9.48. The Kier molecular flexibility index (Phi) is 7.61. The topological polar surface area (TPSA) is 108 Å². The first-order chi connectivity index (χ1) is 17.9. The highest BCUT2D eigenvalue weighted by Gasteiger charge is 2.65. The van der Waals surface area contributed by atoms with Crippen molar-refractivity contribution in [1.29, 1.82) is 0 Å². The molecule has 2 bridgehead atoms. The first kappa shape index (κ1) is 27.7. The van der Waals surface area contributed by atoms with E-state index < -0.39 is 43.2 Å². The molecular weight excluding hydrogens is 504 g/mol. The van der Waals surface area contributed by atoms with Crippen LogP contribution < -0.4 is 9.47 Å². The highest BCUT2D eigenvalue weighted by molar-refractivity contribution is 6.76. The summed E-state index contributed by atoms with van der Waals surface area (Å²) in [6.07, 6.45) is 0.130. The number of ether oxygens (including phenoxy) is 4. The number of aromatic hydroxyl groups is 1. The Balaban J connectivity index is 1.69. The van der Waals surface area contributed by atoms with E-state index in [4.69, 9.17) is 18.9 Å². The van der Waals surface area contributed by atoms with Gasteiger partial charge in [-0.15, -0.1) is 0 Å². The summed E-state index contributed by atoms with van der Waals surface area (Å²) in [5.41, 5.74) is 0.474. The number of Topliss-reactive ketones (excluding diaryl/α,β-unsaturated/α-hetero) is 1. The predicted molar refractivity (Wildman–Crippen MR) is 143 cm³/mol. The van der Waals surface area contributed by atoms with Crippen molar-refractivity contribution in [2.75, 3.05) is 20.8 Å². The molecule has 1 N–H and O–H groups in total. The van der Waals surface area contributed by atoms with Crippen molar-refractivity contribution in [2.45, 2.75) is 57.5 Å². The third kappa shape index (κ3) is 5.03. The van der Waals surface area contributed by atoms with Gasteiger partial charge >= 0.3 is 11.9 Å². The first-order valence-electron chi connectivity index (χ1n) is 12.8. The SMILES string of the molecule is COc1ccc(COC(=O)[C@]2(C)[C@H](C(=O)OCC[Si](C)(C)C)C3CC(=O)[C@H]2c2cc(O)ccc23)c(OC)c1. The molecule has 9 heteroatoms. The summed E-state index contributed by atoms with van der Waals surface area (Å²) in [6, 6.07) is 10.8. The molecular formula is C29H36O8Si. The molecule has 1 unspecified atom stereocenters. The fourth-order valence-corrected chi connectivity index (χ4v) is 6.51. The number of carbonyl (C=O) groups is 3. The van der Waals surface area contributed by atoms with Gasteiger partial charge in [0.15, 0.2) is 0 Å². The number of fused-ring (bicyclic) bond motifs is 2. The minimum atomic E-state index is -1.50. The molecule has 2 aromatic rings. The van der Waals surface area contributed by atoms with Crippen LogP contribution >= 0.6 is 0 Å². The highest BCUT2D eigenvalue weighted by atomic mass is 28.3. The Labute approximate surface area is 224 Å². The quantitative estimate of drug-likeness (QED) is 0.357. The van der Waals surface area contributed by atoms with Crippen molar-refractivity contribution in [2.24, 2.45) is 11.3 Å². The van der Waals surface area contributed by atoms with E-state index in [1.165, 1.54) is 13.2 Å². The largest absolute Gasteiger partial charge is 0.508 e. The minimum Gasteiger partial charge on any atom is -0.508 e. The summed E-state index contributed by atoms with van der Waals surface area (Å²) in [5, 5.41) is 10.2. The molecule has 1 fully saturated rings. The summed E-state index contributed by atoms with van der Waals surface area (Å²) in [7, 11) is 1.59. The van der Waals surface area contributed by atoms with E-state index in [-0.39, 0.29) is 31.2 Å². The second-order valence-electron chi connectivity index (χ2n) is 11.5. The monoisotopic (exact) mass is 540 g/mol. The van der Waals surface area contributed by atoms with E-state index in [0.29, 0.717) is 22.6 Å². The van der Waals surface area contributed by atoms with Crippen LogP contribution in [0.3, 0.4) is 0 Å². The number of carbonyl (C=O) groups excluding carboxylic acids is 3. The van der Waals surface area contributed by atoms with E-state index >= 15 is 0 Å². The second-order valence-corrected chi connectivity index (χ2v) is 17.1. The Bertz CT molecular complexity index is 1250. The van der Waals surface area contributed by atoms with Crippen molar-refractivity contribution >= 4 is 25.8 Å². The molecule has 0 saturated heterocycles. The average Bonchev–Trinajstić information content (AvgIpc) is 2.85. The minimum absolute atomic E-state index is 0.00273. The fourth-order valence-electron chi connectivity index (χ4n) is 5.79. The molecule has 0 aliphatic heterocycles. The second kappa shape index (κ2) is 10.4. The first-order valence-corrected chi connectivity index (χ1v) is 16.5. The van der Waals surface area contributed by atoms with Crippen LogP contribution in [0.4, 0.5) is 0 Å². The number of methoxy groups -OCH3 is 2. The number of rotatable bonds is 9. The molecule has 4 atom stereocenters. The maximum absolute atomic E-state index is 13.9. The van der Waals surface area contributed by atoms with Gasteiger partial charge in [-0.05, 0) is 48.4 Å². The van der Waals surface area contributed by atoms with Gasteiger partial charge in [-0.25, -0.2) is 0 Å². The molecule has 0 spiro atoms. The van der Waals surface area contributed by atoms with Crippen LogP contribution in [0.2, 0.25) is 25.7 Å². The van der Waals surface area contributed by atoms with E-state index in [2.05, 4.69) is 19.6 Å². The summed E-state index contributed by atoms with van der Waals surface area (Å²) in [5.74, 6) is -2.61. The molecule has 38 heavy (non-hydrogen) atoms. The van der Waals surface area contributed by atoms with Crippen LogP contribution in [-0.4, -0.2) is 51.7 Å². The molecule has 1 saturated carbocycles. The molecule has 0 aromatic heterocycles. The van der Waals surface area contributed by atoms with Gasteiger partial charge in [-0.2, -0.15) is 0 Å². The van der Waals surface area contributed by atoms with E-state index in [1.54, 1.807) is 44.4 Å². The number of ketones is 1. The van der Waals surface area contributed by atoms with Crippen LogP contribution in [-0.2, 0) is 30.5 Å². The summed E-state index contributed by atoms with van der Waals surface area (Å²) in [4.78, 5) is 40.8. The van der Waals surface area contributed by atoms with Crippen molar-refractivity contribution in [3.8, 4) is 17.2 Å². The van der Waals surface area contributed by atoms with Gasteiger partial charge in [0.05, 0.1) is 38.1 Å². The van der Waals surface area contributed by atoms with Gasteiger partial charge < -0.3 is 24.1 Å². The van der Waals surface area contributed by atoms with Gasteiger partial charge in [-0.3, -0.25) is 14.4 Å². The molecule has 0 heterocycles. The number of hydrogen-bond acceptors (Lipinski definition) is 8. The molecule has 3 aliphatic rings. The fraction of sp³-hybridized carbons (Fsp3) is 0.483. The normalized spacial score (nSPS) is 23.9. The maximum Gasteiger partial charge on any atom is 0.314 e. The van der Waals surface area contributed by atoms with Gasteiger partial charge in [-0.1, -0.05) is 25.7 Å². The molecule has 2 aromatic carbocycles. The molecule has 0 amide bonds. The van der Waals surface area contributed by atoms with Crippen molar-refractivity contribution in [3.63, 3.8) is 0 Å². The van der Waals surface area contributed by atoms with Gasteiger partial charge in [0.2, 0.25) is 0 Å². The molecule has 5 rings (SSSR count). The van der Waals surface area contributed by atoms with E-state index in [9.17, 15) is 19.5 Å². The zero-order valence-corrected chi connectivity index (χ0v) is 23.8.